The minimum Gasteiger partial charge on any atom is -0.300 e. The largest absolute Gasteiger partial charge is 0.300 e. The van der Waals surface area contributed by atoms with Gasteiger partial charge in [0.05, 0.1) is 0 Å². The van der Waals surface area contributed by atoms with Gasteiger partial charge in [-0.15, -0.1) is 12.4 Å². The number of fused-ring (bicyclic) bond motifs is 2. The Morgan fingerprint density at radius 2 is 1.62 bits per heavy atom. The Kier molecular flexibility index (Phi) is 3.91. The minimum absolute atomic E-state index is 0. The van der Waals surface area contributed by atoms with E-state index in [0.29, 0.717) is 23.7 Å². The molecule has 0 radical (unpaired) electrons. The maximum Gasteiger partial charge on any atom is 0.140 e. The molecule has 1 aliphatic heterocycles. The van der Waals surface area contributed by atoms with E-state index in [4.69, 9.17) is 0 Å². The smallest absolute Gasteiger partial charge is 0.140 e. The Bertz CT molecular complexity index is 263. The molecule has 16 heavy (non-hydrogen) atoms. The van der Waals surface area contributed by atoms with Crippen molar-refractivity contribution in [3.63, 3.8) is 0 Å². The number of hydrogen-bond donors (Lipinski definition) is 0. The number of nitrogens with zero attached hydrogens (tertiary/aromatic N) is 1. The molecule has 1 heterocycles. The molecule has 2 bridgehead atoms. The lowest BCUT2D eigenvalue weighted by molar-refractivity contribution is -0.128. The predicted octanol–water partition coefficient (Wildman–Crippen LogP) is 2.65. The number of carbonyl (C=O) groups excluding carboxylic acids is 1. The molecule has 3 atom stereocenters. The first-order chi connectivity index (χ1) is 7.36. The van der Waals surface area contributed by atoms with Gasteiger partial charge < -0.3 is 0 Å². The molecule has 0 aromatic carbocycles. The van der Waals surface area contributed by atoms with Gasteiger partial charge in [-0.25, -0.2) is 0 Å². The first-order valence-corrected chi connectivity index (χ1v) is 6.64. The molecule has 2 nitrogen and oxygen atoms in total. The Balaban J connectivity index is 0.000000963. The van der Waals surface area contributed by atoms with Crippen molar-refractivity contribution in [2.75, 3.05) is 13.1 Å². The first-order valence-electron chi connectivity index (χ1n) is 6.64. The standard InChI is InChI=1S/C13H21NO.ClH/c15-13-10-4-6-11(13)12(7-5-10)14-8-2-1-3-9-14;/h10-12H,1-9H2;1H. The summed E-state index contributed by atoms with van der Waals surface area (Å²) in [4.78, 5) is 14.6. The zero-order valence-electron chi connectivity index (χ0n) is 9.86. The zero-order chi connectivity index (χ0) is 10.3. The van der Waals surface area contributed by atoms with Crippen molar-refractivity contribution < 1.29 is 4.79 Å². The summed E-state index contributed by atoms with van der Waals surface area (Å²) in [6.45, 7) is 2.50. The van der Waals surface area contributed by atoms with Gasteiger partial charge in [-0.2, -0.15) is 0 Å². The molecular weight excluding hydrogens is 222 g/mol. The van der Waals surface area contributed by atoms with E-state index < -0.39 is 0 Å². The molecule has 0 spiro atoms. The highest BCUT2D eigenvalue weighted by Gasteiger charge is 2.45. The summed E-state index contributed by atoms with van der Waals surface area (Å²) in [5.74, 6) is 1.48. The van der Waals surface area contributed by atoms with Gasteiger partial charge >= 0.3 is 0 Å². The van der Waals surface area contributed by atoms with Crippen molar-refractivity contribution in [3.8, 4) is 0 Å². The van der Waals surface area contributed by atoms with Crippen LogP contribution in [-0.2, 0) is 4.79 Å². The van der Waals surface area contributed by atoms with Gasteiger partial charge in [0.15, 0.2) is 0 Å². The van der Waals surface area contributed by atoms with Crippen LogP contribution in [0.3, 0.4) is 0 Å². The van der Waals surface area contributed by atoms with Crippen molar-refractivity contribution in [2.24, 2.45) is 11.8 Å². The molecule has 0 aromatic heterocycles. The van der Waals surface area contributed by atoms with Crippen molar-refractivity contribution in [3.05, 3.63) is 0 Å². The minimum atomic E-state index is 0. The van der Waals surface area contributed by atoms with E-state index >= 15 is 0 Å². The Labute approximate surface area is 104 Å². The molecule has 3 unspecified atom stereocenters. The van der Waals surface area contributed by atoms with Crippen LogP contribution in [0.5, 0.6) is 0 Å². The predicted molar refractivity (Wildman–Crippen MR) is 66.9 cm³/mol. The molecular formula is C13H22ClNO. The van der Waals surface area contributed by atoms with E-state index in [9.17, 15) is 4.79 Å². The summed E-state index contributed by atoms with van der Waals surface area (Å²) in [6, 6.07) is 0.622. The number of likely N-dealkylation sites (tertiary alicyclic amines) is 1. The van der Waals surface area contributed by atoms with Crippen molar-refractivity contribution >= 4 is 18.2 Å². The molecule has 0 N–H and O–H groups in total. The Morgan fingerprint density at radius 3 is 2.38 bits per heavy atom. The van der Waals surface area contributed by atoms with Crippen LogP contribution in [0, 0.1) is 11.8 Å². The quantitative estimate of drug-likeness (QED) is 0.706. The van der Waals surface area contributed by atoms with Crippen molar-refractivity contribution in [1.29, 1.82) is 0 Å². The summed E-state index contributed by atoms with van der Waals surface area (Å²) < 4.78 is 0. The Hall–Kier alpha value is -0.0800. The zero-order valence-corrected chi connectivity index (χ0v) is 10.7. The maximum atomic E-state index is 12.0. The molecule has 2 saturated carbocycles. The van der Waals surface area contributed by atoms with Crippen LogP contribution in [0.1, 0.15) is 44.9 Å². The summed E-state index contributed by atoms with van der Waals surface area (Å²) in [5, 5.41) is 0. The number of rotatable bonds is 1. The molecule has 3 aliphatic rings. The van der Waals surface area contributed by atoms with Crippen LogP contribution in [0.4, 0.5) is 0 Å². The summed E-state index contributed by atoms with van der Waals surface area (Å²) in [7, 11) is 0. The third-order valence-corrected chi connectivity index (χ3v) is 4.73. The number of hydrogen-bond acceptors (Lipinski definition) is 2. The normalized spacial score (nSPS) is 39.5. The van der Waals surface area contributed by atoms with Gasteiger partial charge in [-0.05, 0) is 51.6 Å². The second-order valence-corrected chi connectivity index (χ2v) is 5.52. The number of Topliss-reactive ketones (excluding diaryl/α,β-unsaturated/α-hetero) is 1. The monoisotopic (exact) mass is 243 g/mol. The first kappa shape index (κ1) is 12.4. The lowest BCUT2D eigenvalue weighted by Gasteiger charge is -2.39. The fraction of sp³-hybridized carbons (Fsp3) is 0.923. The number of ketones is 1. The van der Waals surface area contributed by atoms with Gasteiger partial charge in [0.2, 0.25) is 0 Å². The molecule has 3 rings (SSSR count). The fourth-order valence-electron chi connectivity index (χ4n) is 3.90. The average molecular weight is 244 g/mol. The molecule has 3 heteroatoms. The highest BCUT2D eigenvalue weighted by Crippen LogP contribution is 2.41. The average Bonchev–Trinajstić information content (AvgIpc) is 2.54. The fourth-order valence-corrected chi connectivity index (χ4v) is 3.90. The third-order valence-electron chi connectivity index (χ3n) is 4.73. The second-order valence-electron chi connectivity index (χ2n) is 5.52. The maximum absolute atomic E-state index is 12.0. The highest BCUT2D eigenvalue weighted by molar-refractivity contribution is 5.86. The van der Waals surface area contributed by atoms with Crippen molar-refractivity contribution in [1.82, 2.24) is 4.90 Å². The SMILES string of the molecule is Cl.O=C1C2CCC1C(N1CCCCC1)CC2. The number of piperidine rings is 1. The van der Waals surface area contributed by atoms with Crippen molar-refractivity contribution in [2.45, 2.75) is 51.0 Å². The topological polar surface area (TPSA) is 20.3 Å². The molecule has 1 saturated heterocycles. The van der Waals surface area contributed by atoms with E-state index in [-0.39, 0.29) is 12.4 Å². The van der Waals surface area contributed by atoms with E-state index in [0.717, 1.165) is 0 Å². The lowest BCUT2D eigenvalue weighted by atomic mass is 9.82. The number of halogens is 1. The van der Waals surface area contributed by atoms with Crippen LogP contribution in [0.25, 0.3) is 0 Å². The molecule has 92 valence electrons. The highest BCUT2D eigenvalue weighted by atomic mass is 35.5. The van der Waals surface area contributed by atoms with Gasteiger partial charge in [-0.1, -0.05) is 6.42 Å². The van der Waals surface area contributed by atoms with Crippen LogP contribution in [0.15, 0.2) is 0 Å². The molecule has 0 aromatic rings. The van der Waals surface area contributed by atoms with E-state index in [1.165, 1.54) is 58.0 Å². The van der Waals surface area contributed by atoms with Crippen LogP contribution < -0.4 is 0 Å². The van der Waals surface area contributed by atoms with Gasteiger partial charge in [0.25, 0.3) is 0 Å². The van der Waals surface area contributed by atoms with E-state index in [2.05, 4.69) is 4.90 Å². The van der Waals surface area contributed by atoms with Gasteiger partial charge in [0.1, 0.15) is 5.78 Å². The third kappa shape index (κ3) is 2.02. The van der Waals surface area contributed by atoms with Crippen LogP contribution in [-0.4, -0.2) is 29.8 Å². The molecule has 3 fully saturated rings. The molecule has 2 aliphatic carbocycles. The van der Waals surface area contributed by atoms with Crippen LogP contribution in [0.2, 0.25) is 0 Å². The van der Waals surface area contributed by atoms with Gasteiger partial charge in [-0.3, -0.25) is 9.69 Å². The molecule has 0 amide bonds. The van der Waals surface area contributed by atoms with E-state index in [1.54, 1.807) is 0 Å². The number of carbonyl (C=O) groups is 1. The summed E-state index contributed by atoms with van der Waals surface area (Å²) in [6.07, 6.45) is 8.93. The summed E-state index contributed by atoms with van der Waals surface area (Å²) in [5.41, 5.74) is 0. The second kappa shape index (κ2) is 5.05. The van der Waals surface area contributed by atoms with Gasteiger partial charge in [0, 0.05) is 17.9 Å². The lowest BCUT2D eigenvalue weighted by Crippen LogP contribution is -2.47. The summed E-state index contributed by atoms with van der Waals surface area (Å²) >= 11 is 0. The van der Waals surface area contributed by atoms with E-state index in [1.807, 2.05) is 0 Å². The van der Waals surface area contributed by atoms with Crippen LogP contribution >= 0.6 is 12.4 Å². The Morgan fingerprint density at radius 1 is 0.938 bits per heavy atom.